The van der Waals surface area contributed by atoms with E-state index in [1.165, 1.54) is 6.92 Å². The van der Waals surface area contributed by atoms with Crippen LogP contribution in [0.25, 0.3) is 0 Å². The van der Waals surface area contributed by atoms with Crippen molar-refractivity contribution >= 4 is 23.1 Å². The quantitative estimate of drug-likeness (QED) is 0.488. The number of halogens is 1. The van der Waals surface area contributed by atoms with Crippen molar-refractivity contribution in [3.05, 3.63) is 21.1 Å². The van der Waals surface area contributed by atoms with E-state index in [1.54, 1.807) is 4.90 Å². The number of anilines is 1. The zero-order valence-electron chi connectivity index (χ0n) is 11.1. The van der Waals surface area contributed by atoms with E-state index < -0.39 is 4.92 Å². The topological polar surface area (TPSA) is 92.4 Å². The molecule has 0 unspecified atom stereocenters. The van der Waals surface area contributed by atoms with Crippen molar-refractivity contribution in [3.8, 4) is 0 Å². The van der Waals surface area contributed by atoms with Crippen molar-refractivity contribution in [1.29, 1.82) is 0 Å². The van der Waals surface area contributed by atoms with Gasteiger partial charge in [0.05, 0.1) is 4.92 Å². The third-order valence-corrected chi connectivity index (χ3v) is 2.82. The molecule has 0 aromatic carbocycles. The molecule has 0 bridgehead atoms. The molecule has 0 spiro atoms. The molecule has 1 N–H and O–H groups in total. The molecule has 106 valence electrons. The maximum atomic E-state index is 11.2. The largest absolute Gasteiger partial charge is 0.396 e. The molecule has 1 aromatic rings. The molecule has 19 heavy (non-hydrogen) atoms. The van der Waals surface area contributed by atoms with Gasteiger partial charge in [-0.15, -0.1) is 0 Å². The van der Waals surface area contributed by atoms with Crippen molar-refractivity contribution in [2.75, 3.05) is 18.1 Å². The van der Waals surface area contributed by atoms with Crippen molar-refractivity contribution in [3.63, 3.8) is 0 Å². The molecule has 8 heteroatoms. The molecule has 0 saturated heterocycles. The average molecular weight is 289 g/mol. The molecule has 7 nitrogen and oxygen atoms in total. The minimum atomic E-state index is -0.505. The second-order valence-electron chi connectivity index (χ2n) is 4.37. The lowest BCUT2D eigenvalue weighted by molar-refractivity contribution is -0.385. The molecular weight excluding hydrogens is 272 g/mol. The number of rotatable bonds is 6. The number of nitrogens with zero attached hydrogens (tertiary/aromatic N) is 4. The highest BCUT2D eigenvalue weighted by Crippen LogP contribution is 2.31. The van der Waals surface area contributed by atoms with Gasteiger partial charge >= 0.3 is 5.69 Å². The first-order chi connectivity index (χ1) is 8.88. The molecule has 0 saturated carbocycles. The number of hydrogen-bond donors (Lipinski definition) is 1. The SMILES string of the molecule is Cc1nc(Cl)nc(N(CCCO)C(C)C)c1[N+](=O)[O-]. The van der Waals surface area contributed by atoms with Crippen LogP contribution in [-0.4, -0.2) is 39.2 Å². The molecule has 1 aromatic heterocycles. The second-order valence-corrected chi connectivity index (χ2v) is 4.71. The first-order valence-electron chi connectivity index (χ1n) is 5.94. The predicted molar refractivity (Wildman–Crippen MR) is 72.6 cm³/mol. The Bertz CT molecular complexity index is 467. The summed E-state index contributed by atoms with van der Waals surface area (Å²) in [6.07, 6.45) is 0.496. The molecule has 1 rings (SSSR count). The summed E-state index contributed by atoms with van der Waals surface area (Å²) >= 11 is 5.79. The Morgan fingerprint density at radius 2 is 2.11 bits per heavy atom. The van der Waals surface area contributed by atoms with Gasteiger partial charge in [0.25, 0.3) is 0 Å². The lowest BCUT2D eigenvalue weighted by Gasteiger charge is -2.27. The summed E-state index contributed by atoms with van der Waals surface area (Å²) in [5.74, 6) is 0.200. The van der Waals surface area contributed by atoms with E-state index in [1.807, 2.05) is 13.8 Å². The van der Waals surface area contributed by atoms with Crippen molar-refractivity contribution in [2.24, 2.45) is 0 Å². The van der Waals surface area contributed by atoms with Gasteiger partial charge in [0, 0.05) is 19.2 Å². The lowest BCUT2D eigenvalue weighted by Crippen LogP contribution is -2.34. The van der Waals surface area contributed by atoms with Crippen LogP contribution in [0.2, 0.25) is 5.28 Å². The lowest BCUT2D eigenvalue weighted by atomic mass is 10.2. The Hall–Kier alpha value is -1.47. The van der Waals surface area contributed by atoms with E-state index >= 15 is 0 Å². The minimum Gasteiger partial charge on any atom is -0.396 e. The van der Waals surface area contributed by atoms with E-state index in [9.17, 15) is 10.1 Å². The normalized spacial score (nSPS) is 10.8. The van der Waals surface area contributed by atoms with Gasteiger partial charge < -0.3 is 10.0 Å². The Kier molecular flexibility index (Phi) is 5.44. The summed E-state index contributed by atoms with van der Waals surface area (Å²) in [7, 11) is 0. The fraction of sp³-hybridized carbons (Fsp3) is 0.636. The fourth-order valence-corrected chi connectivity index (χ4v) is 1.99. The number of aryl methyl sites for hydroxylation is 1. The Morgan fingerprint density at radius 1 is 1.47 bits per heavy atom. The summed E-state index contributed by atoms with van der Waals surface area (Å²) in [5, 5.41) is 20.1. The molecule has 0 aliphatic carbocycles. The minimum absolute atomic E-state index is 0.00406. The first-order valence-corrected chi connectivity index (χ1v) is 6.32. The molecule has 0 atom stereocenters. The van der Waals surface area contributed by atoms with E-state index in [0.717, 1.165) is 0 Å². The van der Waals surface area contributed by atoms with Crippen molar-refractivity contribution in [2.45, 2.75) is 33.2 Å². The van der Waals surface area contributed by atoms with E-state index in [0.29, 0.717) is 13.0 Å². The van der Waals surface area contributed by atoms with Gasteiger partial charge in [0.1, 0.15) is 5.69 Å². The van der Waals surface area contributed by atoms with E-state index in [4.69, 9.17) is 16.7 Å². The standard InChI is InChI=1S/C11H17ClN4O3/c1-7(2)15(5-4-6-17)10-9(16(18)19)8(3)13-11(12)14-10/h7,17H,4-6H2,1-3H3. The van der Waals surface area contributed by atoms with Crippen LogP contribution >= 0.6 is 11.6 Å². The summed E-state index contributed by atoms with van der Waals surface area (Å²) in [4.78, 5) is 20.2. The molecule has 1 heterocycles. The van der Waals surface area contributed by atoms with Crippen LogP contribution < -0.4 is 4.90 Å². The van der Waals surface area contributed by atoms with Gasteiger partial charge in [-0.2, -0.15) is 4.98 Å². The molecule has 0 fully saturated rings. The zero-order chi connectivity index (χ0) is 14.6. The summed E-state index contributed by atoms with van der Waals surface area (Å²) in [6, 6.07) is -0.00406. The predicted octanol–water partition coefficient (Wildman–Crippen LogP) is 1.94. The van der Waals surface area contributed by atoms with Gasteiger partial charge in [-0.05, 0) is 38.8 Å². The molecule has 0 radical (unpaired) electrons. The third kappa shape index (κ3) is 3.74. The number of aliphatic hydroxyl groups excluding tert-OH is 1. The highest BCUT2D eigenvalue weighted by molar-refractivity contribution is 6.28. The van der Waals surface area contributed by atoms with Crippen molar-refractivity contribution in [1.82, 2.24) is 9.97 Å². The maximum absolute atomic E-state index is 11.2. The third-order valence-electron chi connectivity index (χ3n) is 2.65. The summed E-state index contributed by atoms with van der Waals surface area (Å²) in [5.41, 5.74) is 0.0886. The number of aliphatic hydroxyl groups is 1. The highest BCUT2D eigenvalue weighted by atomic mass is 35.5. The van der Waals surface area contributed by atoms with E-state index in [2.05, 4.69) is 9.97 Å². The number of hydrogen-bond acceptors (Lipinski definition) is 6. The summed E-state index contributed by atoms with van der Waals surface area (Å²) < 4.78 is 0. The van der Waals surface area contributed by atoms with Crippen LogP contribution in [0.4, 0.5) is 11.5 Å². The van der Waals surface area contributed by atoms with Crippen LogP contribution in [0.3, 0.4) is 0 Å². The van der Waals surface area contributed by atoms with Crippen LogP contribution in [0.15, 0.2) is 0 Å². The van der Waals surface area contributed by atoms with E-state index in [-0.39, 0.29) is 35.1 Å². The van der Waals surface area contributed by atoms with Gasteiger partial charge in [-0.1, -0.05) is 0 Å². The van der Waals surface area contributed by atoms with Crippen LogP contribution in [0.5, 0.6) is 0 Å². The first kappa shape index (κ1) is 15.6. The highest BCUT2D eigenvalue weighted by Gasteiger charge is 2.27. The van der Waals surface area contributed by atoms with Gasteiger partial charge in [0.2, 0.25) is 11.1 Å². The van der Waals surface area contributed by atoms with Crippen LogP contribution in [0.1, 0.15) is 26.0 Å². The fourth-order valence-electron chi connectivity index (χ4n) is 1.78. The Labute approximate surface area is 116 Å². The van der Waals surface area contributed by atoms with Gasteiger partial charge in [-0.25, -0.2) is 4.98 Å². The summed E-state index contributed by atoms with van der Waals surface area (Å²) in [6.45, 7) is 5.79. The van der Waals surface area contributed by atoms with Crippen LogP contribution in [-0.2, 0) is 0 Å². The smallest absolute Gasteiger partial charge is 0.332 e. The monoisotopic (exact) mass is 288 g/mol. The van der Waals surface area contributed by atoms with Crippen molar-refractivity contribution < 1.29 is 10.0 Å². The number of nitro groups is 1. The molecule has 0 aliphatic heterocycles. The number of aromatic nitrogens is 2. The second kappa shape index (κ2) is 6.63. The average Bonchev–Trinajstić information content (AvgIpc) is 2.27. The van der Waals surface area contributed by atoms with Crippen LogP contribution in [0, 0.1) is 17.0 Å². The maximum Gasteiger partial charge on any atom is 0.332 e. The molecule has 0 aliphatic rings. The molecule has 0 amide bonds. The zero-order valence-corrected chi connectivity index (χ0v) is 11.9. The Balaban J connectivity index is 3.31. The molecular formula is C11H17ClN4O3. The van der Waals surface area contributed by atoms with Gasteiger partial charge in [0.15, 0.2) is 0 Å². The van der Waals surface area contributed by atoms with Gasteiger partial charge in [-0.3, -0.25) is 10.1 Å². The Morgan fingerprint density at radius 3 is 2.58 bits per heavy atom.